The van der Waals surface area contributed by atoms with E-state index in [4.69, 9.17) is 29.1 Å². The molecular formula is C54H56N4O15. The maximum atomic E-state index is 14.3. The number of H-pyrrole nitrogens is 1. The molecule has 73 heavy (non-hydrogen) atoms. The minimum absolute atomic E-state index is 0.0239. The van der Waals surface area contributed by atoms with Crippen LogP contribution in [-0.4, -0.2) is 113 Å². The van der Waals surface area contributed by atoms with Gasteiger partial charge in [-0.1, -0.05) is 42.0 Å². The first-order valence-electron chi connectivity index (χ1n) is 24.4. The number of phenolic OH excluding ortho intramolecular Hbond substituents is 2. The fourth-order valence-electron chi connectivity index (χ4n) is 12.0. The second kappa shape index (κ2) is 18.5. The van der Waals surface area contributed by atoms with Gasteiger partial charge in [0, 0.05) is 48.6 Å². The van der Waals surface area contributed by atoms with Gasteiger partial charge in [0.2, 0.25) is 12.0 Å². The van der Waals surface area contributed by atoms with E-state index in [1.54, 1.807) is 48.5 Å². The minimum atomic E-state index is -2.62. The molecule has 382 valence electrons. The summed E-state index contributed by atoms with van der Waals surface area (Å²) in [6.45, 7) is 0.114. The molecule has 2 aliphatic heterocycles. The first-order valence-corrected chi connectivity index (χ1v) is 24.4. The Hall–Kier alpha value is -6.94. The predicted octanol–water partition coefficient (Wildman–Crippen LogP) is 3.75. The normalized spacial score (nSPS) is 27.2. The number of carboxylic acid groups (broad SMARTS) is 1. The highest BCUT2D eigenvalue weighted by molar-refractivity contribution is 5.90. The number of aromatic nitrogens is 1. The molecule has 1 saturated carbocycles. The molecule has 9 unspecified atom stereocenters. The first-order chi connectivity index (χ1) is 35.1. The minimum Gasteiger partial charge on any atom is -0.508 e. The van der Waals surface area contributed by atoms with Gasteiger partial charge in [0.15, 0.2) is 34.7 Å². The van der Waals surface area contributed by atoms with Gasteiger partial charge in [-0.2, -0.15) is 0 Å². The highest BCUT2D eigenvalue weighted by Crippen LogP contribution is 2.57. The molecule has 9 atom stereocenters. The van der Waals surface area contributed by atoms with Gasteiger partial charge in [0.05, 0.1) is 6.61 Å². The van der Waals surface area contributed by atoms with Gasteiger partial charge in [-0.25, -0.2) is 4.79 Å². The van der Waals surface area contributed by atoms with Crippen LogP contribution < -0.4 is 36.0 Å². The summed E-state index contributed by atoms with van der Waals surface area (Å²) in [4.78, 5) is 30.6. The van der Waals surface area contributed by atoms with E-state index in [1.165, 1.54) is 24.3 Å². The molecule has 3 fully saturated rings. The Balaban J connectivity index is 1.04. The van der Waals surface area contributed by atoms with Crippen molar-refractivity contribution in [3.8, 4) is 40.1 Å². The van der Waals surface area contributed by atoms with Gasteiger partial charge < -0.3 is 80.3 Å². The van der Waals surface area contributed by atoms with Crippen molar-refractivity contribution >= 4 is 22.8 Å². The second-order valence-corrected chi connectivity index (χ2v) is 19.7. The summed E-state index contributed by atoms with van der Waals surface area (Å²) in [5, 5.41) is 100. The number of nitrogen functional groups attached to an aromatic ring is 1. The zero-order valence-corrected chi connectivity index (χ0v) is 39.4. The Labute approximate surface area is 417 Å². The number of aliphatic hydroxyl groups excluding tert-OH is 3. The highest BCUT2D eigenvalue weighted by atomic mass is 16.7. The average Bonchev–Trinajstić information content (AvgIpc) is 4.16. The van der Waals surface area contributed by atoms with Crippen LogP contribution in [0.4, 0.5) is 5.82 Å². The lowest BCUT2D eigenvalue weighted by molar-refractivity contribution is -0.348. The zero-order chi connectivity index (χ0) is 51.0. The molecule has 11 rings (SSSR count). The van der Waals surface area contributed by atoms with Gasteiger partial charge in [-0.15, -0.1) is 0 Å². The number of benzene rings is 4. The summed E-state index contributed by atoms with van der Waals surface area (Å²) in [5.74, 6) is -3.63. The average molecular weight is 1000 g/mol. The third-order valence-electron chi connectivity index (χ3n) is 15.5. The van der Waals surface area contributed by atoms with Gasteiger partial charge in [-0.3, -0.25) is 10.1 Å². The summed E-state index contributed by atoms with van der Waals surface area (Å²) < 4.78 is 32.1. The quantitative estimate of drug-likeness (QED) is 0.0733. The number of aromatic hydroxyl groups is 2. The molecule has 13 N–H and O–H groups in total. The monoisotopic (exact) mass is 1000 g/mol. The van der Waals surface area contributed by atoms with Crippen LogP contribution in [0.15, 0.2) is 117 Å². The van der Waals surface area contributed by atoms with Crippen molar-refractivity contribution < 1.29 is 69.0 Å². The Morgan fingerprint density at radius 1 is 0.932 bits per heavy atom. The van der Waals surface area contributed by atoms with Crippen molar-refractivity contribution in [2.24, 2.45) is 5.92 Å². The van der Waals surface area contributed by atoms with Crippen molar-refractivity contribution in [2.75, 3.05) is 25.6 Å². The number of rotatable bonds is 13. The fourth-order valence-corrected chi connectivity index (χ4v) is 12.0. The molecule has 19 nitrogen and oxygen atoms in total. The summed E-state index contributed by atoms with van der Waals surface area (Å²) in [6.07, 6.45) is -5.88. The number of anilines is 1. The van der Waals surface area contributed by atoms with Crippen molar-refractivity contribution in [3.05, 3.63) is 141 Å². The molecule has 5 aliphatic rings. The third kappa shape index (κ3) is 8.07. The molecule has 0 amide bonds. The third-order valence-corrected chi connectivity index (χ3v) is 15.5. The summed E-state index contributed by atoms with van der Waals surface area (Å²) in [6, 6.07) is 25.3. The number of ether oxygens (including phenoxy) is 4. The molecular weight excluding hydrogens is 945 g/mol. The van der Waals surface area contributed by atoms with Gasteiger partial charge in [-0.05, 0) is 116 Å². The number of nitrogens with two attached hydrogens (primary N) is 1. The molecule has 2 bridgehead atoms. The first kappa shape index (κ1) is 48.3. The fraction of sp³-hybridized carbons (Fsp3) is 0.370. The van der Waals surface area contributed by atoms with E-state index < -0.39 is 89.0 Å². The maximum Gasteiger partial charge on any atom is 0.336 e. The van der Waals surface area contributed by atoms with E-state index in [0.717, 1.165) is 11.1 Å². The summed E-state index contributed by atoms with van der Waals surface area (Å²) in [7, 11) is 0. The van der Waals surface area contributed by atoms with Crippen LogP contribution in [0.3, 0.4) is 0 Å². The lowest BCUT2D eigenvalue weighted by atomic mass is 9.56. The SMILES string of the molecule is Nc1ccc(C(O)C(CO)Oc2ccc(-c3cc(=O)c4c(O)c(OC5(c6cccc(O)c6)CCCC5)c(OC5OC(C(=O)O)C6(O)C(C7CNCN7)C7=C(CCc8ccccc8C7)C5(O)C6O)cc4o3)cc2)[nH]1. The highest BCUT2D eigenvalue weighted by Gasteiger charge is 2.73. The number of nitrogens with one attached hydrogen (secondary N) is 3. The zero-order valence-electron chi connectivity index (χ0n) is 39.4. The van der Waals surface area contributed by atoms with Crippen LogP contribution in [0.25, 0.3) is 22.3 Å². The summed E-state index contributed by atoms with van der Waals surface area (Å²) >= 11 is 0. The standard InChI is InChI=1S/C54H56N4O15/c55-42-17-16-35(58-42)45(62)41(25-59)69-32-13-10-28(11-14-32)38-22-37(61)43-39(70-38)23-40(47(46(43)63)73-52(18-3-4-19-52)30-8-5-9-31(60)21-30)71-51-53(67)34-15-12-27-6-1-2-7-29(27)20-33(34)44(36-24-56-26-57-36)54(68,50(53)66)48(72-51)49(64)65/h1-2,5-11,13-14,16-17,21-23,36,41,44-45,48,50-51,56-60,62-63,66-68H,3-4,12,15,18-20,24-26,55H2,(H,64,65). The van der Waals surface area contributed by atoms with Crippen LogP contribution in [0.2, 0.25) is 0 Å². The molecule has 2 aromatic heterocycles. The number of aromatic amines is 1. The van der Waals surface area contributed by atoms with E-state index in [1.807, 2.05) is 24.3 Å². The number of carboxylic acids is 1. The molecule has 19 heteroatoms. The van der Waals surface area contributed by atoms with Crippen molar-refractivity contribution in [1.82, 2.24) is 15.6 Å². The molecule has 0 radical (unpaired) electrons. The lowest BCUT2D eigenvalue weighted by Crippen LogP contribution is -2.81. The van der Waals surface area contributed by atoms with E-state index in [9.17, 15) is 50.4 Å². The van der Waals surface area contributed by atoms with Gasteiger partial charge in [0.1, 0.15) is 57.5 Å². The van der Waals surface area contributed by atoms with Crippen LogP contribution in [0.1, 0.15) is 60.6 Å². The topological polar surface area (TPSA) is 312 Å². The molecule has 2 saturated heterocycles. The Kier molecular flexibility index (Phi) is 12.3. The van der Waals surface area contributed by atoms with E-state index in [2.05, 4.69) is 15.6 Å². The van der Waals surface area contributed by atoms with Gasteiger partial charge in [0.25, 0.3) is 0 Å². The number of aliphatic hydroxyl groups is 5. The lowest BCUT2D eigenvalue weighted by Gasteiger charge is -2.60. The van der Waals surface area contributed by atoms with Crippen LogP contribution in [0.5, 0.6) is 28.7 Å². The smallest absolute Gasteiger partial charge is 0.336 e. The molecule has 3 aliphatic carbocycles. The van der Waals surface area contributed by atoms with Crippen molar-refractivity contribution in [2.45, 2.75) is 98.5 Å². The largest absolute Gasteiger partial charge is 0.508 e. The van der Waals surface area contributed by atoms with Crippen LogP contribution in [-0.2, 0) is 28.0 Å². The molecule has 0 spiro atoms. The van der Waals surface area contributed by atoms with E-state index in [0.29, 0.717) is 79.1 Å². The maximum absolute atomic E-state index is 14.3. The number of fused-ring (bicyclic) bond motifs is 5. The predicted molar refractivity (Wildman–Crippen MR) is 262 cm³/mol. The number of hydrogen-bond acceptors (Lipinski definition) is 17. The van der Waals surface area contributed by atoms with E-state index in [-0.39, 0.29) is 46.8 Å². The van der Waals surface area contributed by atoms with Gasteiger partial charge >= 0.3 is 5.97 Å². The number of aliphatic carboxylic acids is 1. The molecule has 4 aromatic carbocycles. The Bertz CT molecular complexity index is 3180. The Morgan fingerprint density at radius 3 is 2.38 bits per heavy atom. The Morgan fingerprint density at radius 2 is 1.70 bits per heavy atom. The number of aryl methyl sites for hydroxylation is 1. The molecule has 6 aromatic rings. The second-order valence-electron chi connectivity index (χ2n) is 19.7. The van der Waals surface area contributed by atoms with E-state index >= 15 is 0 Å². The number of hydrogen-bond donors (Lipinski definition) is 12. The number of carbonyl (C=O) groups is 1. The molecule has 4 heterocycles. The number of phenols is 2. The van der Waals surface area contributed by atoms with Crippen LogP contribution in [0, 0.1) is 5.92 Å². The summed E-state index contributed by atoms with van der Waals surface area (Å²) in [5.41, 5.74) is 2.36. The van der Waals surface area contributed by atoms with Crippen molar-refractivity contribution in [1.29, 1.82) is 0 Å². The van der Waals surface area contributed by atoms with Crippen molar-refractivity contribution in [3.63, 3.8) is 0 Å². The van der Waals surface area contributed by atoms with Crippen LogP contribution >= 0.6 is 0 Å².